The standard InChI is InChI=1S/C22H30N4O/c1-2-23-22(24-14-7-17-26-16-6-12-21(26)27)25-15-13-19-10-5-9-18-8-3-4-11-20(18)19/h3-5,8-11H,2,6-7,12-17H2,1H3,(H2,23,24,25). The van der Waals surface area contributed by atoms with Crippen molar-refractivity contribution in [1.29, 1.82) is 0 Å². The fourth-order valence-electron chi connectivity index (χ4n) is 3.56. The third-order valence-corrected chi connectivity index (χ3v) is 4.94. The van der Waals surface area contributed by atoms with Gasteiger partial charge in [0.2, 0.25) is 5.91 Å². The van der Waals surface area contributed by atoms with E-state index in [9.17, 15) is 4.79 Å². The van der Waals surface area contributed by atoms with E-state index in [-0.39, 0.29) is 0 Å². The van der Waals surface area contributed by atoms with Crippen LogP contribution < -0.4 is 10.6 Å². The van der Waals surface area contributed by atoms with E-state index in [2.05, 4.69) is 65.0 Å². The maximum Gasteiger partial charge on any atom is 0.222 e. The molecule has 0 radical (unpaired) electrons. The Kier molecular flexibility index (Phi) is 7.08. The lowest BCUT2D eigenvalue weighted by Gasteiger charge is -2.15. The van der Waals surface area contributed by atoms with Crippen LogP contribution in [0.5, 0.6) is 0 Å². The van der Waals surface area contributed by atoms with Gasteiger partial charge in [0, 0.05) is 39.1 Å². The number of benzene rings is 2. The smallest absolute Gasteiger partial charge is 0.222 e. The summed E-state index contributed by atoms with van der Waals surface area (Å²) in [5.74, 6) is 1.14. The van der Waals surface area contributed by atoms with Crippen LogP contribution in [0, 0.1) is 0 Å². The first kappa shape index (κ1) is 19.2. The molecule has 5 nitrogen and oxygen atoms in total. The van der Waals surface area contributed by atoms with Crippen molar-refractivity contribution in [2.75, 3.05) is 32.7 Å². The van der Waals surface area contributed by atoms with Gasteiger partial charge in [-0.2, -0.15) is 0 Å². The first-order chi connectivity index (χ1) is 13.3. The molecule has 0 saturated carbocycles. The lowest BCUT2D eigenvalue weighted by molar-refractivity contribution is -0.127. The Balaban J connectivity index is 1.48. The first-order valence-corrected chi connectivity index (χ1v) is 10.0. The summed E-state index contributed by atoms with van der Waals surface area (Å²) < 4.78 is 0. The summed E-state index contributed by atoms with van der Waals surface area (Å²) in [6, 6.07) is 15.0. The van der Waals surface area contributed by atoms with Gasteiger partial charge in [0.15, 0.2) is 5.96 Å². The van der Waals surface area contributed by atoms with Crippen molar-refractivity contribution in [2.45, 2.75) is 32.6 Å². The van der Waals surface area contributed by atoms with Gasteiger partial charge in [-0.1, -0.05) is 42.5 Å². The maximum atomic E-state index is 11.6. The zero-order chi connectivity index (χ0) is 18.9. The zero-order valence-electron chi connectivity index (χ0n) is 16.2. The Morgan fingerprint density at radius 1 is 1.15 bits per heavy atom. The third-order valence-electron chi connectivity index (χ3n) is 4.94. The second-order valence-corrected chi connectivity index (χ2v) is 6.91. The Morgan fingerprint density at radius 2 is 2.00 bits per heavy atom. The van der Waals surface area contributed by atoms with Crippen LogP contribution in [0.25, 0.3) is 10.8 Å². The predicted octanol–water partition coefficient (Wildman–Crippen LogP) is 2.95. The second-order valence-electron chi connectivity index (χ2n) is 6.91. The molecule has 0 bridgehead atoms. The lowest BCUT2D eigenvalue weighted by Crippen LogP contribution is -2.38. The van der Waals surface area contributed by atoms with Gasteiger partial charge < -0.3 is 15.5 Å². The number of likely N-dealkylation sites (tertiary alicyclic amines) is 1. The fraction of sp³-hybridized carbons (Fsp3) is 0.455. The van der Waals surface area contributed by atoms with Crippen LogP contribution in [0.15, 0.2) is 47.5 Å². The molecular weight excluding hydrogens is 336 g/mol. The highest BCUT2D eigenvalue weighted by atomic mass is 16.2. The Hall–Kier alpha value is -2.56. The van der Waals surface area contributed by atoms with Gasteiger partial charge in [-0.15, -0.1) is 0 Å². The number of fused-ring (bicyclic) bond motifs is 1. The number of hydrogen-bond acceptors (Lipinski definition) is 2. The predicted molar refractivity (Wildman–Crippen MR) is 112 cm³/mol. The molecule has 0 atom stereocenters. The lowest BCUT2D eigenvalue weighted by atomic mass is 10.0. The molecule has 1 aliphatic heterocycles. The molecule has 1 heterocycles. The molecule has 2 aromatic carbocycles. The van der Waals surface area contributed by atoms with Crippen molar-refractivity contribution in [3.63, 3.8) is 0 Å². The minimum Gasteiger partial charge on any atom is -0.357 e. The molecule has 1 fully saturated rings. The average molecular weight is 367 g/mol. The summed E-state index contributed by atoms with van der Waals surface area (Å²) in [4.78, 5) is 18.2. The average Bonchev–Trinajstić information content (AvgIpc) is 3.10. The number of hydrogen-bond donors (Lipinski definition) is 2. The number of rotatable bonds is 8. The number of carbonyl (C=O) groups is 1. The minimum absolute atomic E-state index is 0.291. The highest BCUT2D eigenvalue weighted by molar-refractivity contribution is 5.85. The summed E-state index contributed by atoms with van der Waals surface area (Å²) in [5.41, 5.74) is 1.35. The molecule has 0 unspecified atom stereocenters. The minimum atomic E-state index is 0.291. The summed E-state index contributed by atoms with van der Waals surface area (Å²) in [6.07, 6.45) is 3.57. The van der Waals surface area contributed by atoms with E-state index in [1.54, 1.807) is 0 Å². The van der Waals surface area contributed by atoms with Crippen LogP contribution in [-0.4, -0.2) is 49.5 Å². The summed E-state index contributed by atoms with van der Waals surface area (Å²) >= 11 is 0. The highest BCUT2D eigenvalue weighted by Crippen LogP contribution is 2.18. The monoisotopic (exact) mass is 366 g/mol. The molecule has 27 heavy (non-hydrogen) atoms. The molecule has 144 valence electrons. The van der Waals surface area contributed by atoms with Crippen molar-refractivity contribution in [3.8, 4) is 0 Å². The number of nitrogens with zero attached hydrogens (tertiary/aromatic N) is 2. The number of amides is 1. The van der Waals surface area contributed by atoms with Crippen molar-refractivity contribution < 1.29 is 4.79 Å². The summed E-state index contributed by atoms with van der Waals surface area (Å²) in [6.45, 7) is 6.21. The quantitative estimate of drug-likeness (QED) is 0.429. The molecule has 1 saturated heterocycles. The Bertz CT molecular complexity index is 781. The van der Waals surface area contributed by atoms with Gasteiger partial charge in [-0.3, -0.25) is 9.79 Å². The third kappa shape index (κ3) is 5.46. The van der Waals surface area contributed by atoms with Gasteiger partial charge in [0.05, 0.1) is 0 Å². The normalized spacial score (nSPS) is 14.8. The molecule has 5 heteroatoms. The molecule has 0 aromatic heterocycles. The molecular formula is C22H30N4O. The molecule has 0 aliphatic carbocycles. The van der Waals surface area contributed by atoms with E-state index in [0.717, 1.165) is 57.9 Å². The second kappa shape index (κ2) is 9.95. The number of guanidine groups is 1. The maximum absolute atomic E-state index is 11.6. The Morgan fingerprint density at radius 3 is 2.81 bits per heavy atom. The van der Waals surface area contributed by atoms with Crippen LogP contribution in [-0.2, 0) is 11.2 Å². The highest BCUT2D eigenvalue weighted by Gasteiger charge is 2.18. The van der Waals surface area contributed by atoms with Crippen LogP contribution in [0.2, 0.25) is 0 Å². The van der Waals surface area contributed by atoms with Crippen molar-refractivity contribution in [3.05, 3.63) is 48.0 Å². The topological polar surface area (TPSA) is 56.7 Å². The summed E-state index contributed by atoms with van der Waals surface area (Å²) in [7, 11) is 0. The largest absolute Gasteiger partial charge is 0.357 e. The number of aliphatic imine (C=N–C) groups is 1. The van der Waals surface area contributed by atoms with Crippen LogP contribution in [0.4, 0.5) is 0 Å². The van der Waals surface area contributed by atoms with E-state index < -0.39 is 0 Å². The van der Waals surface area contributed by atoms with Gasteiger partial charge in [0.1, 0.15) is 0 Å². The number of nitrogens with one attached hydrogen (secondary N) is 2. The van der Waals surface area contributed by atoms with Crippen molar-refractivity contribution in [1.82, 2.24) is 15.5 Å². The van der Waals surface area contributed by atoms with E-state index in [1.165, 1.54) is 16.3 Å². The van der Waals surface area contributed by atoms with Gasteiger partial charge >= 0.3 is 0 Å². The van der Waals surface area contributed by atoms with Crippen LogP contribution in [0.1, 0.15) is 31.7 Å². The molecule has 0 spiro atoms. The molecule has 1 amide bonds. The van der Waals surface area contributed by atoms with E-state index in [0.29, 0.717) is 12.3 Å². The Labute approximate surface area is 161 Å². The van der Waals surface area contributed by atoms with Crippen LogP contribution >= 0.6 is 0 Å². The molecule has 2 aromatic rings. The van der Waals surface area contributed by atoms with Gasteiger partial charge in [-0.25, -0.2) is 0 Å². The summed E-state index contributed by atoms with van der Waals surface area (Å²) in [5, 5.41) is 9.33. The van der Waals surface area contributed by atoms with Gasteiger partial charge in [-0.05, 0) is 42.5 Å². The zero-order valence-corrected chi connectivity index (χ0v) is 16.2. The molecule has 2 N–H and O–H groups in total. The van der Waals surface area contributed by atoms with Crippen LogP contribution in [0.3, 0.4) is 0 Å². The van der Waals surface area contributed by atoms with Gasteiger partial charge in [0.25, 0.3) is 0 Å². The molecule has 3 rings (SSSR count). The van der Waals surface area contributed by atoms with E-state index in [4.69, 9.17) is 0 Å². The fourth-order valence-corrected chi connectivity index (χ4v) is 3.56. The SMILES string of the molecule is CCNC(=NCCCN1CCCC1=O)NCCc1cccc2ccccc12. The molecule has 1 aliphatic rings. The first-order valence-electron chi connectivity index (χ1n) is 10.0. The van der Waals surface area contributed by atoms with E-state index >= 15 is 0 Å². The van der Waals surface area contributed by atoms with Crippen molar-refractivity contribution in [2.24, 2.45) is 4.99 Å². The van der Waals surface area contributed by atoms with Crippen molar-refractivity contribution >= 4 is 22.6 Å². The number of carbonyl (C=O) groups excluding carboxylic acids is 1. The van der Waals surface area contributed by atoms with E-state index in [1.807, 2.05) is 4.90 Å².